The summed E-state index contributed by atoms with van der Waals surface area (Å²) in [6, 6.07) is 4.25. The van der Waals surface area contributed by atoms with E-state index in [9.17, 15) is 0 Å². The van der Waals surface area contributed by atoms with Crippen molar-refractivity contribution in [2.75, 3.05) is 31.6 Å². The monoisotopic (exact) mass is 362 g/mol. The predicted octanol–water partition coefficient (Wildman–Crippen LogP) is 4.71. The second-order valence-corrected chi connectivity index (χ2v) is 7.31. The van der Waals surface area contributed by atoms with Gasteiger partial charge in [0.1, 0.15) is 0 Å². The van der Waals surface area contributed by atoms with E-state index in [1.807, 2.05) is 6.07 Å². The van der Waals surface area contributed by atoms with Crippen molar-refractivity contribution in [1.29, 1.82) is 0 Å². The molecule has 138 valence electrons. The largest absolute Gasteiger partial charge is 0.355 e. The lowest BCUT2D eigenvalue weighted by molar-refractivity contribution is 0.224. The van der Waals surface area contributed by atoms with Crippen LogP contribution in [0.2, 0.25) is 5.15 Å². The molecule has 1 aliphatic rings. The van der Waals surface area contributed by atoms with Crippen molar-refractivity contribution in [2.45, 2.75) is 57.9 Å². The number of anilines is 1. The number of aromatic nitrogens is 2. The van der Waals surface area contributed by atoms with Crippen molar-refractivity contribution in [3.63, 3.8) is 0 Å². The Labute approximate surface area is 157 Å². The lowest BCUT2D eigenvalue weighted by atomic mass is 10.0. The van der Waals surface area contributed by atoms with E-state index in [4.69, 9.17) is 11.6 Å². The molecule has 2 heterocycles. The molecule has 25 heavy (non-hydrogen) atoms. The summed E-state index contributed by atoms with van der Waals surface area (Å²) in [5, 5.41) is 8.58. The van der Waals surface area contributed by atoms with E-state index in [0.717, 1.165) is 44.7 Å². The summed E-state index contributed by atoms with van der Waals surface area (Å²) in [5.41, 5.74) is 4.54. The summed E-state index contributed by atoms with van der Waals surface area (Å²) in [6.45, 7) is 9.38. The summed E-state index contributed by atoms with van der Waals surface area (Å²) in [5.74, 6) is 0.894. The van der Waals surface area contributed by atoms with Gasteiger partial charge in [-0.15, -0.1) is 15.9 Å². The molecule has 1 aliphatic heterocycles. The Morgan fingerprint density at radius 3 is 2.64 bits per heavy atom. The molecule has 0 atom stereocenters. The van der Waals surface area contributed by atoms with Gasteiger partial charge in [0.2, 0.25) is 0 Å². The standard InChI is InChI=1S/C20H31ClN4/c1-4-6-7-8-9-17(5-2)16-25-14-12-18(13-15-25)24(3)20-11-10-19(21)22-23-20/h10-11,18H,2,4,6-9,12-16H2,1,3H3. The highest BCUT2D eigenvalue weighted by Crippen LogP contribution is 2.22. The molecule has 1 fully saturated rings. The lowest BCUT2D eigenvalue weighted by Gasteiger charge is -2.37. The molecule has 5 heteroatoms. The number of likely N-dealkylation sites (tertiary alicyclic amines) is 1. The van der Waals surface area contributed by atoms with Crippen LogP contribution in [0.5, 0.6) is 0 Å². The number of rotatable bonds is 9. The molecule has 0 N–H and O–H groups in total. The quantitative estimate of drug-likeness (QED) is 0.470. The van der Waals surface area contributed by atoms with Crippen molar-refractivity contribution < 1.29 is 0 Å². The fourth-order valence-corrected chi connectivity index (χ4v) is 3.51. The fraction of sp³-hybridized carbons (Fsp3) is 0.650. The van der Waals surface area contributed by atoms with Gasteiger partial charge in [-0.3, -0.25) is 4.90 Å². The van der Waals surface area contributed by atoms with Crippen molar-refractivity contribution in [1.82, 2.24) is 15.1 Å². The van der Waals surface area contributed by atoms with Crippen molar-refractivity contribution in [3.8, 4) is 0 Å². The number of nitrogens with zero attached hydrogens (tertiary/aromatic N) is 4. The fourth-order valence-electron chi connectivity index (χ4n) is 3.41. The van der Waals surface area contributed by atoms with E-state index in [0.29, 0.717) is 11.2 Å². The second kappa shape index (κ2) is 10.6. The summed E-state index contributed by atoms with van der Waals surface area (Å²) >= 11 is 5.82. The van der Waals surface area contributed by atoms with Gasteiger partial charge in [-0.1, -0.05) is 44.4 Å². The zero-order chi connectivity index (χ0) is 18.1. The first-order valence-electron chi connectivity index (χ1n) is 9.46. The molecule has 0 spiro atoms. The van der Waals surface area contributed by atoms with Crippen LogP contribution in [0.3, 0.4) is 0 Å². The van der Waals surface area contributed by atoms with E-state index in [-0.39, 0.29) is 0 Å². The van der Waals surface area contributed by atoms with Crippen molar-refractivity contribution in [3.05, 3.63) is 35.2 Å². The maximum Gasteiger partial charge on any atom is 0.151 e. The number of hydrogen-bond acceptors (Lipinski definition) is 4. The Bertz CT molecular complexity index is 558. The molecule has 0 unspecified atom stereocenters. The van der Waals surface area contributed by atoms with Gasteiger partial charge in [-0.2, -0.15) is 0 Å². The summed E-state index contributed by atoms with van der Waals surface area (Å²) < 4.78 is 0. The molecule has 0 aliphatic carbocycles. The van der Waals surface area contributed by atoms with Crippen LogP contribution in [0.15, 0.2) is 30.0 Å². The molecule has 4 nitrogen and oxygen atoms in total. The Kier molecular flexibility index (Phi) is 8.47. The van der Waals surface area contributed by atoms with Gasteiger partial charge in [0.25, 0.3) is 0 Å². The second-order valence-electron chi connectivity index (χ2n) is 6.92. The summed E-state index contributed by atoms with van der Waals surface area (Å²) in [6.07, 6.45) is 8.62. The molecule has 1 aromatic heterocycles. The molecule has 0 bridgehead atoms. The van der Waals surface area contributed by atoms with Crippen LogP contribution >= 0.6 is 11.6 Å². The number of halogens is 1. The van der Waals surface area contributed by atoms with Crippen molar-refractivity contribution in [2.24, 2.45) is 0 Å². The minimum atomic E-state index is 0.439. The molecule has 0 aromatic carbocycles. The molecular weight excluding hydrogens is 332 g/mol. The van der Waals surface area contributed by atoms with Gasteiger partial charge in [-0.25, -0.2) is 0 Å². The Balaban J connectivity index is 1.76. The summed E-state index contributed by atoms with van der Waals surface area (Å²) in [7, 11) is 2.10. The lowest BCUT2D eigenvalue weighted by Crippen LogP contribution is -2.44. The normalized spacial score (nSPS) is 15.8. The zero-order valence-electron chi connectivity index (χ0n) is 15.7. The van der Waals surface area contributed by atoms with Crippen LogP contribution in [-0.2, 0) is 0 Å². The van der Waals surface area contributed by atoms with Crippen LogP contribution in [0.4, 0.5) is 5.82 Å². The Hall–Kier alpha value is -1.35. The maximum absolute atomic E-state index is 5.82. The average molecular weight is 363 g/mol. The van der Waals surface area contributed by atoms with Crippen LogP contribution in [-0.4, -0.2) is 47.8 Å². The highest BCUT2D eigenvalue weighted by atomic mass is 35.5. The summed E-state index contributed by atoms with van der Waals surface area (Å²) in [4.78, 5) is 4.76. The third kappa shape index (κ3) is 6.47. The SMILES string of the molecule is C=C=C(CCCCCC)CN1CCC(N(C)c2ccc(Cl)nn2)CC1. The van der Waals surface area contributed by atoms with Gasteiger partial charge in [0, 0.05) is 32.7 Å². The molecule has 1 aromatic rings. The topological polar surface area (TPSA) is 32.3 Å². The maximum atomic E-state index is 5.82. The zero-order valence-corrected chi connectivity index (χ0v) is 16.4. The van der Waals surface area contributed by atoms with E-state index in [2.05, 4.69) is 46.3 Å². The molecule has 0 amide bonds. The third-order valence-corrected chi connectivity index (χ3v) is 5.28. The van der Waals surface area contributed by atoms with Gasteiger partial charge in [0.05, 0.1) is 0 Å². The minimum Gasteiger partial charge on any atom is -0.355 e. The van der Waals surface area contributed by atoms with Gasteiger partial charge in [0.15, 0.2) is 11.0 Å². The Morgan fingerprint density at radius 2 is 2.04 bits per heavy atom. The van der Waals surface area contributed by atoms with Gasteiger partial charge in [-0.05, 0) is 43.4 Å². The number of hydrogen-bond donors (Lipinski definition) is 0. The van der Waals surface area contributed by atoms with E-state index >= 15 is 0 Å². The first kappa shape index (κ1) is 20.0. The Morgan fingerprint density at radius 1 is 1.28 bits per heavy atom. The van der Waals surface area contributed by atoms with E-state index < -0.39 is 0 Å². The number of piperidine rings is 1. The minimum absolute atomic E-state index is 0.439. The molecular formula is C20H31ClN4. The van der Waals surface area contributed by atoms with Crippen LogP contribution in [0.25, 0.3) is 0 Å². The van der Waals surface area contributed by atoms with Crippen molar-refractivity contribution >= 4 is 17.4 Å². The van der Waals surface area contributed by atoms with E-state index in [1.54, 1.807) is 6.07 Å². The van der Waals surface area contributed by atoms with Gasteiger partial charge >= 0.3 is 0 Å². The molecule has 1 saturated heterocycles. The van der Waals surface area contributed by atoms with Crippen LogP contribution in [0, 0.1) is 0 Å². The third-order valence-electron chi connectivity index (χ3n) is 5.08. The van der Waals surface area contributed by atoms with E-state index in [1.165, 1.54) is 31.3 Å². The first-order chi connectivity index (χ1) is 12.1. The predicted molar refractivity (Wildman–Crippen MR) is 106 cm³/mol. The average Bonchev–Trinajstić information content (AvgIpc) is 2.65. The van der Waals surface area contributed by atoms with Gasteiger partial charge < -0.3 is 4.90 Å². The van der Waals surface area contributed by atoms with Crippen LogP contribution in [0.1, 0.15) is 51.9 Å². The number of unbranched alkanes of at least 4 members (excludes halogenated alkanes) is 3. The molecule has 0 radical (unpaired) electrons. The highest BCUT2D eigenvalue weighted by Gasteiger charge is 2.23. The highest BCUT2D eigenvalue weighted by molar-refractivity contribution is 6.29. The van der Waals surface area contributed by atoms with Crippen LogP contribution < -0.4 is 4.90 Å². The molecule has 0 saturated carbocycles. The molecule has 2 rings (SSSR count). The smallest absolute Gasteiger partial charge is 0.151 e. The first-order valence-corrected chi connectivity index (χ1v) is 9.84.